The average molecular weight is 467 g/mol. The molecular formula is C26H23FN8. The van der Waals surface area contributed by atoms with Crippen molar-refractivity contribution in [1.29, 1.82) is 0 Å². The largest absolute Gasteiger partial charge is 0.368 e. The van der Waals surface area contributed by atoms with Crippen LogP contribution < -0.4 is 5.73 Å². The number of nitrogen functional groups attached to an aromatic ring is 1. The number of para-hydroxylation sites is 1. The van der Waals surface area contributed by atoms with Crippen LogP contribution in [-0.4, -0.2) is 47.5 Å². The minimum Gasteiger partial charge on any atom is -0.368 e. The lowest BCUT2D eigenvalue weighted by atomic mass is 10.1. The number of imidazole rings is 1. The molecule has 2 aromatic carbocycles. The van der Waals surface area contributed by atoms with Crippen LogP contribution in [0.5, 0.6) is 0 Å². The van der Waals surface area contributed by atoms with Gasteiger partial charge in [0, 0.05) is 49.8 Å². The van der Waals surface area contributed by atoms with Crippen LogP contribution in [0.3, 0.4) is 0 Å². The molecule has 2 N–H and O–H groups in total. The van der Waals surface area contributed by atoms with Crippen molar-refractivity contribution in [3.05, 3.63) is 84.8 Å². The molecule has 1 unspecified atom stereocenters. The smallest absolute Gasteiger partial charge is 0.220 e. The first-order chi connectivity index (χ1) is 17.2. The van der Waals surface area contributed by atoms with Crippen LogP contribution in [0.4, 0.5) is 10.3 Å². The molecule has 1 atom stereocenters. The summed E-state index contributed by atoms with van der Waals surface area (Å²) < 4.78 is 15.7. The number of likely N-dealkylation sites (tertiary alicyclic amines) is 1. The lowest BCUT2D eigenvalue weighted by molar-refractivity contribution is 0.317. The molecule has 5 aromatic rings. The summed E-state index contributed by atoms with van der Waals surface area (Å²) in [7, 11) is 0. The van der Waals surface area contributed by atoms with E-state index in [1.165, 1.54) is 12.1 Å². The van der Waals surface area contributed by atoms with E-state index in [4.69, 9.17) is 10.7 Å². The summed E-state index contributed by atoms with van der Waals surface area (Å²) in [6.45, 7) is 2.59. The van der Waals surface area contributed by atoms with Crippen molar-refractivity contribution in [1.82, 2.24) is 34.4 Å². The number of anilines is 1. The maximum absolute atomic E-state index is 13.6. The molecule has 0 radical (unpaired) electrons. The normalized spacial score (nSPS) is 16.2. The summed E-state index contributed by atoms with van der Waals surface area (Å²) in [5.41, 5.74) is 12.0. The zero-order valence-corrected chi connectivity index (χ0v) is 18.9. The zero-order chi connectivity index (χ0) is 23.8. The second-order valence-electron chi connectivity index (χ2n) is 8.67. The second kappa shape index (κ2) is 8.84. The molecule has 3 aromatic heterocycles. The number of nitrogens with zero attached hydrogens (tertiary/aromatic N) is 7. The van der Waals surface area contributed by atoms with Gasteiger partial charge in [0.05, 0.1) is 34.4 Å². The first kappa shape index (κ1) is 21.3. The van der Waals surface area contributed by atoms with E-state index in [1.54, 1.807) is 30.7 Å². The second-order valence-corrected chi connectivity index (χ2v) is 8.67. The fourth-order valence-corrected chi connectivity index (χ4v) is 4.82. The van der Waals surface area contributed by atoms with Gasteiger partial charge in [-0.05, 0) is 48.4 Å². The van der Waals surface area contributed by atoms with E-state index in [9.17, 15) is 4.39 Å². The molecule has 174 valence electrons. The van der Waals surface area contributed by atoms with Crippen molar-refractivity contribution in [2.45, 2.75) is 19.0 Å². The van der Waals surface area contributed by atoms with Crippen molar-refractivity contribution in [2.75, 3.05) is 18.8 Å². The lowest BCUT2D eigenvalue weighted by Gasteiger charge is -2.19. The van der Waals surface area contributed by atoms with E-state index in [2.05, 4.69) is 35.5 Å². The molecule has 0 bridgehead atoms. The Hall–Kier alpha value is -4.24. The minimum atomic E-state index is -0.287. The minimum absolute atomic E-state index is 0.198. The summed E-state index contributed by atoms with van der Waals surface area (Å²) in [6.07, 6.45) is 7.91. The topological polar surface area (TPSA) is 98.6 Å². The molecule has 1 saturated heterocycles. The number of nitrogens with two attached hydrogens (primary N) is 1. The molecule has 1 fully saturated rings. The highest BCUT2D eigenvalue weighted by molar-refractivity contribution is 5.78. The van der Waals surface area contributed by atoms with Gasteiger partial charge in [-0.15, -0.1) is 0 Å². The van der Waals surface area contributed by atoms with Gasteiger partial charge in [-0.1, -0.05) is 12.1 Å². The number of aromatic nitrogens is 6. The van der Waals surface area contributed by atoms with E-state index in [1.807, 2.05) is 24.5 Å². The quantitative estimate of drug-likeness (QED) is 0.416. The maximum Gasteiger partial charge on any atom is 0.220 e. The van der Waals surface area contributed by atoms with Crippen molar-refractivity contribution in [2.24, 2.45) is 0 Å². The highest BCUT2D eigenvalue weighted by Crippen LogP contribution is 2.35. The SMILES string of the molecule is Nc1nccc(-c2c(-c3ccc(F)cc3)ncn2C2CCN(Cc3cccc4nccnc34)C2)n1. The summed E-state index contributed by atoms with van der Waals surface area (Å²) in [5, 5.41) is 0. The molecule has 0 aliphatic carbocycles. The first-order valence-corrected chi connectivity index (χ1v) is 11.5. The van der Waals surface area contributed by atoms with Gasteiger partial charge < -0.3 is 10.3 Å². The Morgan fingerprint density at radius 2 is 1.80 bits per heavy atom. The van der Waals surface area contributed by atoms with Crippen molar-refractivity contribution in [3.8, 4) is 22.6 Å². The Morgan fingerprint density at radius 1 is 0.943 bits per heavy atom. The van der Waals surface area contributed by atoms with E-state index in [0.717, 1.165) is 59.6 Å². The first-order valence-electron chi connectivity index (χ1n) is 11.5. The molecule has 35 heavy (non-hydrogen) atoms. The number of hydrogen-bond acceptors (Lipinski definition) is 7. The number of benzene rings is 2. The van der Waals surface area contributed by atoms with Gasteiger partial charge in [-0.3, -0.25) is 14.9 Å². The third kappa shape index (κ3) is 4.10. The number of halogens is 1. The standard InChI is InChI=1S/C26H23FN8/c27-19-6-4-17(5-7-19)24-25(22-8-10-31-26(28)33-22)35(16-32-24)20-9-13-34(15-20)14-18-2-1-3-21-23(18)30-12-11-29-21/h1-8,10-12,16,20H,9,13-15H2,(H2,28,31,33). The van der Waals surface area contributed by atoms with Crippen molar-refractivity contribution < 1.29 is 4.39 Å². The van der Waals surface area contributed by atoms with Crippen molar-refractivity contribution >= 4 is 17.0 Å². The van der Waals surface area contributed by atoms with E-state index >= 15 is 0 Å². The van der Waals surface area contributed by atoms with Gasteiger partial charge in [0.2, 0.25) is 5.95 Å². The third-order valence-electron chi connectivity index (χ3n) is 6.45. The van der Waals surface area contributed by atoms with Gasteiger partial charge in [-0.2, -0.15) is 0 Å². The molecule has 0 spiro atoms. The molecule has 0 saturated carbocycles. The van der Waals surface area contributed by atoms with Crippen LogP contribution in [-0.2, 0) is 6.54 Å². The Balaban J connectivity index is 1.33. The predicted molar refractivity (Wildman–Crippen MR) is 132 cm³/mol. The molecule has 1 aliphatic heterocycles. The molecular weight excluding hydrogens is 443 g/mol. The van der Waals surface area contributed by atoms with E-state index < -0.39 is 0 Å². The predicted octanol–water partition coefficient (Wildman–Crippen LogP) is 4.12. The highest BCUT2D eigenvalue weighted by Gasteiger charge is 2.28. The highest BCUT2D eigenvalue weighted by atomic mass is 19.1. The summed E-state index contributed by atoms with van der Waals surface area (Å²) in [6, 6.07) is 14.5. The van der Waals surface area contributed by atoms with Gasteiger partial charge >= 0.3 is 0 Å². The molecule has 8 nitrogen and oxygen atoms in total. The van der Waals surface area contributed by atoms with Crippen LogP contribution in [0.1, 0.15) is 18.0 Å². The van der Waals surface area contributed by atoms with Gasteiger partial charge in [-0.25, -0.2) is 19.3 Å². The molecule has 9 heteroatoms. The Bertz CT molecular complexity index is 1490. The van der Waals surface area contributed by atoms with E-state index in [0.29, 0.717) is 5.69 Å². The van der Waals surface area contributed by atoms with Gasteiger partial charge in [0.15, 0.2) is 0 Å². The third-order valence-corrected chi connectivity index (χ3v) is 6.45. The van der Waals surface area contributed by atoms with Crippen LogP contribution in [0, 0.1) is 5.82 Å². The van der Waals surface area contributed by atoms with Crippen molar-refractivity contribution in [3.63, 3.8) is 0 Å². The van der Waals surface area contributed by atoms with Gasteiger partial charge in [0.1, 0.15) is 5.82 Å². The summed E-state index contributed by atoms with van der Waals surface area (Å²) in [5.74, 6) is -0.0870. The number of rotatable bonds is 5. The van der Waals surface area contributed by atoms with Crippen LogP contribution in [0.2, 0.25) is 0 Å². The van der Waals surface area contributed by atoms with Crippen LogP contribution in [0.25, 0.3) is 33.7 Å². The average Bonchev–Trinajstić information content (AvgIpc) is 3.52. The van der Waals surface area contributed by atoms with Gasteiger partial charge in [0.25, 0.3) is 0 Å². The molecule has 6 rings (SSSR count). The lowest BCUT2D eigenvalue weighted by Crippen LogP contribution is -2.21. The Labute approximate surface area is 201 Å². The molecule has 1 aliphatic rings. The number of fused-ring (bicyclic) bond motifs is 1. The fourth-order valence-electron chi connectivity index (χ4n) is 4.82. The fraction of sp³-hybridized carbons (Fsp3) is 0.192. The Kier molecular flexibility index (Phi) is 5.38. The summed E-state index contributed by atoms with van der Waals surface area (Å²) >= 11 is 0. The van der Waals surface area contributed by atoms with Crippen LogP contribution >= 0.6 is 0 Å². The Morgan fingerprint density at radius 3 is 2.66 bits per heavy atom. The molecule has 4 heterocycles. The molecule has 0 amide bonds. The van der Waals surface area contributed by atoms with E-state index in [-0.39, 0.29) is 17.8 Å². The maximum atomic E-state index is 13.6. The van der Waals surface area contributed by atoms with Crippen LogP contribution in [0.15, 0.2) is 73.4 Å². The monoisotopic (exact) mass is 466 g/mol. The number of hydrogen-bond donors (Lipinski definition) is 1. The zero-order valence-electron chi connectivity index (χ0n) is 18.9. The summed E-state index contributed by atoms with van der Waals surface area (Å²) in [4.78, 5) is 24.6.